The summed E-state index contributed by atoms with van der Waals surface area (Å²) in [6, 6.07) is -0.836. The second kappa shape index (κ2) is 8.88. The highest BCUT2D eigenvalue weighted by atomic mass is 16.7. The summed E-state index contributed by atoms with van der Waals surface area (Å²) < 4.78 is 10.8. The number of carbonyl (C=O) groups is 1. The third-order valence-corrected chi connectivity index (χ3v) is 3.90. The van der Waals surface area contributed by atoms with E-state index < -0.39 is 12.0 Å². The number of nitrogens with two attached hydrogens (primary N) is 1. The minimum atomic E-state index is -0.959. The average Bonchev–Trinajstić information content (AvgIpc) is 2.91. The van der Waals surface area contributed by atoms with Gasteiger partial charge in [-0.1, -0.05) is 29.9 Å². The Labute approximate surface area is 131 Å². The summed E-state index contributed by atoms with van der Waals surface area (Å²) in [5, 5.41) is 8.86. The molecule has 5 nitrogen and oxygen atoms in total. The predicted octanol–water partition coefficient (Wildman–Crippen LogP) is 2.53. The highest BCUT2D eigenvalue weighted by Gasteiger charge is 2.15. The van der Waals surface area contributed by atoms with Gasteiger partial charge in [0.25, 0.3) is 0 Å². The van der Waals surface area contributed by atoms with Gasteiger partial charge in [0.15, 0.2) is 6.29 Å². The summed E-state index contributed by atoms with van der Waals surface area (Å²) in [6.07, 6.45) is 13.6. The molecule has 22 heavy (non-hydrogen) atoms. The van der Waals surface area contributed by atoms with Crippen LogP contribution in [-0.4, -0.2) is 36.6 Å². The van der Waals surface area contributed by atoms with Crippen LogP contribution in [0.2, 0.25) is 0 Å². The lowest BCUT2D eigenvalue weighted by Gasteiger charge is -2.08. The fraction of sp³-hybridized carbons (Fsp3) is 0.588. The van der Waals surface area contributed by atoms with Crippen molar-refractivity contribution in [2.75, 3.05) is 13.2 Å². The largest absolute Gasteiger partial charge is 0.480 e. The minimum Gasteiger partial charge on any atom is -0.480 e. The lowest BCUT2D eigenvalue weighted by Crippen LogP contribution is -2.30. The molecule has 0 aromatic carbocycles. The number of rotatable bonds is 8. The Balaban J connectivity index is 1.72. The smallest absolute Gasteiger partial charge is 0.320 e. The molecule has 5 heteroatoms. The van der Waals surface area contributed by atoms with Crippen LogP contribution in [0.1, 0.15) is 38.5 Å². The standard InChI is InChI=1S/C17H25NO4/c18-15(17(19)20)12-14-6-3-5-13(8-9-14)4-1-2-7-16-21-10-11-22-16/h3,6,8-9,15-16H,1-2,4-5,7,10-12,18H2,(H,19,20). The third kappa shape index (κ3) is 5.75. The lowest BCUT2D eigenvalue weighted by atomic mass is 10.0. The van der Waals surface area contributed by atoms with E-state index in [9.17, 15) is 4.79 Å². The van der Waals surface area contributed by atoms with Crippen molar-refractivity contribution in [1.82, 2.24) is 0 Å². The first-order chi connectivity index (χ1) is 10.6. The quantitative estimate of drug-likeness (QED) is 0.673. The van der Waals surface area contributed by atoms with Crippen LogP contribution >= 0.6 is 0 Å². The van der Waals surface area contributed by atoms with E-state index in [2.05, 4.69) is 12.2 Å². The van der Waals surface area contributed by atoms with Crippen LogP contribution in [0, 0.1) is 0 Å². The second-order valence-electron chi connectivity index (χ2n) is 5.74. The molecule has 1 heterocycles. The molecule has 1 atom stereocenters. The van der Waals surface area contributed by atoms with Gasteiger partial charge >= 0.3 is 5.97 Å². The third-order valence-electron chi connectivity index (χ3n) is 3.90. The predicted molar refractivity (Wildman–Crippen MR) is 84.3 cm³/mol. The molecule has 0 radical (unpaired) electrons. The van der Waals surface area contributed by atoms with E-state index in [-0.39, 0.29) is 6.29 Å². The summed E-state index contributed by atoms with van der Waals surface area (Å²) in [6.45, 7) is 1.43. The first-order valence-corrected chi connectivity index (χ1v) is 7.92. The number of aliphatic carboxylic acids is 1. The Morgan fingerprint density at radius 2 is 2.09 bits per heavy atom. The van der Waals surface area contributed by atoms with Gasteiger partial charge in [-0.25, -0.2) is 0 Å². The van der Waals surface area contributed by atoms with Gasteiger partial charge in [-0.3, -0.25) is 4.79 Å². The van der Waals surface area contributed by atoms with Gasteiger partial charge in [-0.05, 0) is 44.1 Å². The zero-order chi connectivity index (χ0) is 15.8. The molecule has 0 aromatic rings. The van der Waals surface area contributed by atoms with Crippen molar-refractivity contribution < 1.29 is 19.4 Å². The van der Waals surface area contributed by atoms with E-state index in [4.69, 9.17) is 20.3 Å². The van der Waals surface area contributed by atoms with Crippen LogP contribution in [0.3, 0.4) is 0 Å². The van der Waals surface area contributed by atoms with E-state index in [1.54, 1.807) is 0 Å². The molecule has 1 saturated heterocycles. The molecule has 1 fully saturated rings. The van der Waals surface area contributed by atoms with Crippen molar-refractivity contribution in [1.29, 1.82) is 0 Å². The van der Waals surface area contributed by atoms with Crippen LogP contribution in [-0.2, 0) is 14.3 Å². The Morgan fingerprint density at radius 3 is 2.82 bits per heavy atom. The van der Waals surface area contributed by atoms with Gasteiger partial charge in [-0.2, -0.15) is 0 Å². The molecular weight excluding hydrogens is 282 g/mol. The van der Waals surface area contributed by atoms with E-state index in [0.29, 0.717) is 19.6 Å². The molecule has 0 aromatic heterocycles. The van der Waals surface area contributed by atoms with Gasteiger partial charge in [0, 0.05) is 0 Å². The first-order valence-electron chi connectivity index (χ1n) is 7.92. The van der Waals surface area contributed by atoms with E-state index in [1.165, 1.54) is 5.57 Å². The maximum Gasteiger partial charge on any atom is 0.320 e. The average molecular weight is 307 g/mol. The fourth-order valence-electron chi connectivity index (χ4n) is 2.61. The van der Waals surface area contributed by atoms with Crippen LogP contribution in [0.5, 0.6) is 0 Å². The SMILES string of the molecule is NC(CC1=CC=C(CCCCC2OCCO2)CC=C1)C(=O)O. The topological polar surface area (TPSA) is 81.8 Å². The number of allylic oxidation sites excluding steroid dienone is 5. The van der Waals surface area contributed by atoms with Crippen molar-refractivity contribution in [2.45, 2.75) is 50.9 Å². The van der Waals surface area contributed by atoms with E-state index in [1.807, 2.05) is 12.2 Å². The summed E-state index contributed by atoms with van der Waals surface area (Å²) in [7, 11) is 0. The van der Waals surface area contributed by atoms with Gasteiger partial charge in [0.2, 0.25) is 0 Å². The van der Waals surface area contributed by atoms with Crippen LogP contribution in [0.4, 0.5) is 0 Å². The van der Waals surface area contributed by atoms with Crippen LogP contribution in [0.15, 0.2) is 35.5 Å². The molecular formula is C17H25NO4. The number of carboxylic acids is 1. The van der Waals surface area contributed by atoms with Crippen molar-refractivity contribution in [3.8, 4) is 0 Å². The summed E-state index contributed by atoms with van der Waals surface area (Å²) >= 11 is 0. The number of hydrogen-bond acceptors (Lipinski definition) is 4. The van der Waals surface area contributed by atoms with E-state index in [0.717, 1.165) is 37.7 Å². The fourth-order valence-corrected chi connectivity index (χ4v) is 2.61. The zero-order valence-corrected chi connectivity index (χ0v) is 12.9. The number of hydrogen-bond donors (Lipinski definition) is 2. The maximum atomic E-state index is 10.8. The zero-order valence-electron chi connectivity index (χ0n) is 12.9. The molecule has 3 N–H and O–H groups in total. The Hall–Kier alpha value is -1.43. The molecule has 0 saturated carbocycles. The lowest BCUT2D eigenvalue weighted by molar-refractivity contribution is -0.138. The first kappa shape index (κ1) is 16.9. The van der Waals surface area contributed by atoms with E-state index >= 15 is 0 Å². The number of ether oxygens (including phenoxy) is 2. The molecule has 0 bridgehead atoms. The highest BCUT2D eigenvalue weighted by molar-refractivity contribution is 5.73. The Kier molecular flexibility index (Phi) is 6.83. The van der Waals surface area contributed by atoms with Gasteiger partial charge in [-0.15, -0.1) is 0 Å². The summed E-state index contributed by atoms with van der Waals surface area (Å²) in [5.74, 6) is -0.959. The minimum absolute atomic E-state index is 0.00739. The molecule has 1 aliphatic heterocycles. The molecule has 0 spiro atoms. The molecule has 1 unspecified atom stereocenters. The maximum absolute atomic E-state index is 10.8. The number of carboxylic acid groups (broad SMARTS) is 1. The molecule has 1 aliphatic carbocycles. The molecule has 0 amide bonds. The van der Waals surface area contributed by atoms with Gasteiger partial charge in [0.1, 0.15) is 6.04 Å². The second-order valence-corrected chi connectivity index (χ2v) is 5.74. The number of unbranched alkanes of at least 4 members (excludes halogenated alkanes) is 1. The van der Waals surface area contributed by atoms with Crippen molar-refractivity contribution >= 4 is 5.97 Å². The highest BCUT2D eigenvalue weighted by Crippen LogP contribution is 2.20. The molecule has 2 aliphatic rings. The molecule has 122 valence electrons. The monoisotopic (exact) mass is 307 g/mol. The summed E-state index contributed by atoms with van der Waals surface area (Å²) in [5.41, 5.74) is 7.91. The van der Waals surface area contributed by atoms with Gasteiger partial charge < -0.3 is 20.3 Å². The Bertz CT molecular complexity index is 461. The van der Waals surface area contributed by atoms with Crippen molar-refractivity contribution in [2.24, 2.45) is 5.73 Å². The van der Waals surface area contributed by atoms with Gasteiger partial charge in [0.05, 0.1) is 13.2 Å². The Morgan fingerprint density at radius 1 is 1.32 bits per heavy atom. The summed E-state index contributed by atoms with van der Waals surface area (Å²) in [4.78, 5) is 10.8. The van der Waals surface area contributed by atoms with Crippen LogP contribution in [0.25, 0.3) is 0 Å². The van der Waals surface area contributed by atoms with Crippen LogP contribution < -0.4 is 5.73 Å². The van der Waals surface area contributed by atoms with Crippen molar-refractivity contribution in [3.05, 3.63) is 35.5 Å². The molecule has 2 rings (SSSR count). The van der Waals surface area contributed by atoms with Crippen molar-refractivity contribution in [3.63, 3.8) is 0 Å². The normalized spacial score (nSPS) is 20.4.